The average molecular weight is 396 g/mol. The van der Waals surface area contributed by atoms with Crippen LogP contribution in [0, 0.1) is 3.57 Å². The van der Waals surface area contributed by atoms with Crippen molar-refractivity contribution >= 4 is 40.4 Å². The van der Waals surface area contributed by atoms with Gasteiger partial charge in [0.25, 0.3) is 0 Å². The lowest BCUT2D eigenvalue weighted by Crippen LogP contribution is -2.04. The first-order valence-electron chi connectivity index (χ1n) is 6.58. The van der Waals surface area contributed by atoms with E-state index in [1.807, 2.05) is 37.4 Å². The zero-order valence-electron chi connectivity index (χ0n) is 11.7. The smallest absolute Gasteiger partial charge is 0.227 e. The van der Waals surface area contributed by atoms with Gasteiger partial charge >= 0.3 is 0 Å². The molecule has 2 aromatic rings. The molecule has 1 aromatic carbocycles. The molecule has 110 valence electrons. The second-order valence-electron chi connectivity index (χ2n) is 4.33. The van der Waals surface area contributed by atoms with Gasteiger partial charge in [0.1, 0.15) is 6.61 Å². The standard InChI is InChI=1S/C16H17IN2O2/c1-18-14-6-4-12(5-7-14)2-3-13-10-15(17)16(19-11-13)21-9-8-20/h2-7,10-11,18,20H,8-9H2,1H3/b3-2+. The van der Waals surface area contributed by atoms with E-state index in [4.69, 9.17) is 9.84 Å². The summed E-state index contributed by atoms with van der Waals surface area (Å²) in [7, 11) is 1.90. The second-order valence-corrected chi connectivity index (χ2v) is 5.50. The van der Waals surface area contributed by atoms with E-state index >= 15 is 0 Å². The van der Waals surface area contributed by atoms with E-state index in [9.17, 15) is 0 Å². The molecule has 21 heavy (non-hydrogen) atoms. The van der Waals surface area contributed by atoms with Crippen molar-refractivity contribution in [2.45, 2.75) is 0 Å². The third-order valence-electron chi connectivity index (χ3n) is 2.83. The lowest BCUT2D eigenvalue weighted by atomic mass is 10.1. The third kappa shape index (κ3) is 4.71. The first-order chi connectivity index (χ1) is 10.2. The molecule has 0 aliphatic carbocycles. The van der Waals surface area contributed by atoms with Gasteiger partial charge in [-0.05, 0) is 51.9 Å². The van der Waals surface area contributed by atoms with Gasteiger partial charge in [-0.25, -0.2) is 4.98 Å². The van der Waals surface area contributed by atoms with E-state index < -0.39 is 0 Å². The van der Waals surface area contributed by atoms with E-state index in [0.29, 0.717) is 5.88 Å². The number of rotatable bonds is 6. The molecule has 1 heterocycles. The lowest BCUT2D eigenvalue weighted by Gasteiger charge is -2.05. The molecule has 0 aliphatic rings. The summed E-state index contributed by atoms with van der Waals surface area (Å²) >= 11 is 2.18. The Morgan fingerprint density at radius 3 is 2.57 bits per heavy atom. The quantitative estimate of drug-likeness (QED) is 0.737. The van der Waals surface area contributed by atoms with Crippen LogP contribution in [0.3, 0.4) is 0 Å². The number of halogens is 1. The van der Waals surface area contributed by atoms with E-state index in [0.717, 1.165) is 20.4 Å². The Morgan fingerprint density at radius 1 is 1.24 bits per heavy atom. The number of aromatic nitrogens is 1. The van der Waals surface area contributed by atoms with Gasteiger partial charge in [0.15, 0.2) is 0 Å². The first-order valence-corrected chi connectivity index (χ1v) is 7.66. The van der Waals surface area contributed by atoms with Gasteiger partial charge in [0.2, 0.25) is 5.88 Å². The van der Waals surface area contributed by atoms with Gasteiger partial charge in [-0.15, -0.1) is 0 Å². The number of aliphatic hydroxyl groups is 1. The Balaban J connectivity index is 2.07. The van der Waals surface area contributed by atoms with Crippen molar-refractivity contribution in [3.8, 4) is 5.88 Å². The molecule has 1 aromatic heterocycles. The normalized spacial score (nSPS) is 10.8. The summed E-state index contributed by atoms with van der Waals surface area (Å²) in [4.78, 5) is 4.25. The maximum absolute atomic E-state index is 8.75. The molecular weight excluding hydrogens is 379 g/mol. The van der Waals surface area contributed by atoms with Crippen molar-refractivity contribution in [3.63, 3.8) is 0 Å². The highest BCUT2D eigenvalue weighted by molar-refractivity contribution is 14.1. The molecule has 0 spiro atoms. The van der Waals surface area contributed by atoms with Crippen LogP contribution < -0.4 is 10.1 Å². The van der Waals surface area contributed by atoms with Crippen LogP contribution in [0.4, 0.5) is 5.69 Å². The van der Waals surface area contributed by atoms with E-state index in [1.54, 1.807) is 6.20 Å². The minimum Gasteiger partial charge on any atom is -0.474 e. The van der Waals surface area contributed by atoms with Crippen LogP contribution in [0.15, 0.2) is 36.5 Å². The molecule has 0 unspecified atom stereocenters. The zero-order valence-corrected chi connectivity index (χ0v) is 13.9. The maximum Gasteiger partial charge on any atom is 0.227 e. The topological polar surface area (TPSA) is 54.4 Å². The lowest BCUT2D eigenvalue weighted by molar-refractivity contribution is 0.196. The number of nitrogens with zero attached hydrogens (tertiary/aromatic N) is 1. The summed E-state index contributed by atoms with van der Waals surface area (Å²) < 4.78 is 6.25. The van der Waals surface area contributed by atoms with Gasteiger partial charge in [-0.1, -0.05) is 24.3 Å². The van der Waals surface area contributed by atoms with Gasteiger partial charge < -0.3 is 15.2 Å². The SMILES string of the molecule is CNc1ccc(/C=C/c2cnc(OCCO)c(I)c2)cc1. The van der Waals surface area contributed by atoms with Gasteiger partial charge in [0.05, 0.1) is 10.2 Å². The monoisotopic (exact) mass is 396 g/mol. The Morgan fingerprint density at radius 2 is 1.95 bits per heavy atom. The fraction of sp³-hybridized carbons (Fsp3) is 0.188. The van der Waals surface area contributed by atoms with Gasteiger partial charge in [-0.3, -0.25) is 0 Å². The number of aliphatic hydroxyl groups excluding tert-OH is 1. The number of hydrogen-bond donors (Lipinski definition) is 2. The number of ether oxygens (including phenoxy) is 1. The van der Waals surface area contributed by atoms with Crippen LogP contribution in [0.25, 0.3) is 12.2 Å². The average Bonchev–Trinajstić information content (AvgIpc) is 2.52. The number of benzene rings is 1. The van der Waals surface area contributed by atoms with E-state index in [-0.39, 0.29) is 13.2 Å². The van der Waals surface area contributed by atoms with Crippen molar-refractivity contribution in [1.29, 1.82) is 0 Å². The molecule has 0 aliphatic heterocycles. The number of nitrogens with one attached hydrogen (secondary N) is 1. The Bertz CT molecular complexity index is 612. The van der Waals surface area contributed by atoms with Crippen LogP contribution in [-0.4, -0.2) is 30.4 Å². The Kier molecular flexibility index (Phi) is 6.01. The summed E-state index contributed by atoms with van der Waals surface area (Å²) in [5.41, 5.74) is 3.23. The first kappa shape index (κ1) is 15.8. The van der Waals surface area contributed by atoms with Crippen LogP contribution in [-0.2, 0) is 0 Å². The minimum absolute atomic E-state index is 0.0119. The molecular formula is C16H17IN2O2. The highest BCUT2D eigenvalue weighted by atomic mass is 127. The van der Waals surface area contributed by atoms with Crippen LogP contribution in [0.5, 0.6) is 5.88 Å². The Labute approximate surface area is 138 Å². The van der Waals surface area contributed by atoms with Crippen LogP contribution in [0.2, 0.25) is 0 Å². The third-order valence-corrected chi connectivity index (χ3v) is 3.60. The van der Waals surface area contributed by atoms with Crippen LogP contribution >= 0.6 is 22.6 Å². The molecule has 0 radical (unpaired) electrons. The fourth-order valence-electron chi connectivity index (χ4n) is 1.73. The molecule has 0 bridgehead atoms. The number of hydrogen-bond acceptors (Lipinski definition) is 4. The fourth-order valence-corrected chi connectivity index (χ4v) is 2.39. The molecule has 5 heteroatoms. The number of anilines is 1. The van der Waals surface area contributed by atoms with Crippen molar-refractivity contribution < 1.29 is 9.84 Å². The second kappa shape index (κ2) is 7.99. The van der Waals surface area contributed by atoms with Crippen molar-refractivity contribution in [2.75, 3.05) is 25.6 Å². The van der Waals surface area contributed by atoms with Crippen molar-refractivity contribution in [3.05, 3.63) is 51.2 Å². The summed E-state index contributed by atoms with van der Waals surface area (Å²) in [6.45, 7) is 0.248. The highest BCUT2D eigenvalue weighted by Crippen LogP contribution is 2.20. The molecule has 4 nitrogen and oxygen atoms in total. The predicted octanol–water partition coefficient (Wildman–Crippen LogP) is 3.27. The Hall–Kier alpha value is -1.60. The maximum atomic E-state index is 8.75. The van der Waals surface area contributed by atoms with Crippen molar-refractivity contribution in [1.82, 2.24) is 4.98 Å². The summed E-state index contributed by atoms with van der Waals surface area (Å²) in [6.07, 6.45) is 5.81. The zero-order chi connectivity index (χ0) is 15.1. The van der Waals surface area contributed by atoms with Crippen molar-refractivity contribution in [2.24, 2.45) is 0 Å². The molecule has 2 rings (SSSR count). The molecule has 0 amide bonds. The predicted molar refractivity (Wildman–Crippen MR) is 94.5 cm³/mol. The van der Waals surface area contributed by atoms with Gasteiger partial charge in [-0.2, -0.15) is 0 Å². The largest absolute Gasteiger partial charge is 0.474 e. The minimum atomic E-state index is -0.0119. The summed E-state index contributed by atoms with van der Waals surface area (Å²) in [5, 5.41) is 11.8. The number of pyridine rings is 1. The molecule has 0 atom stereocenters. The van der Waals surface area contributed by atoms with Crippen LogP contribution in [0.1, 0.15) is 11.1 Å². The van der Waals surface area contributed by atoms with E-state index in [1.165, 1.54) is 0 Å². The molecule has 0 fully saturated rings. The van der Waals surface area contributed by atoms with Gasteiger partial charge in [0, 0.05) is 18.9 Å². The summed E-state index contributed by atoms with van der Waals surface area (Å²) in [5.74, 6) is 0.556. The molecule has 0 saturated heterocycles. The molecule has 2 N–H and O–H groups in total. The highest BCUT2D eigenvalue weighted by Gasteiger charge is 2.02. The summed E-state index contributed by atoms with van der Waals surface area (Å²) in [6, 6.07) is 10.2. The molecule has 0 saturated carbocycles. The van der Waals surface area contributed by atoms with E-state index in [2.05, 4.69) is 45.0 Å².